The fourth-order valence-corrected chi connectivity index (χ4v) is 6.37. The molecular formula is C30H38F2O2. The fourth-order valence-electron chi connectivity index (χ4n) is 6.37. The van der Waals surface area contributed by atoms with Crippen LogP contribution in [0.15, 0.2) is 36.4 Å². The first-order valence-electron chi connectivity index (χ1n) is 13.3. The Hall–Kier alpha value is -1.78. The average molecular weight is 469 g/mol. The van der Waals surface area contributed by atoms with Gasteiger partial charge in [0.1, 0.15) is 11.6 Å². The second kappa shape index (κ2) is 10.5. The Morgan fingerprint density at radius 3 is 1.94 bits per heavy atom. The van der Waals surface area contributed by atoms with Gasteiger partial charge in [-0.2, -0.15) is 0 Å². The maximum atomic E-state index is 15.2. The summed E-state index contributed by atoms with van der Waals surface area (Å²) in [5, 5.41) is 0. The van der Waals surface area contributed by atoms with E-state index in [-0.39, 0.29) is 5.82 Å². The maximum Gasteiger partial charge on any atom is 0.186 e. The third-order valence-electron chi connectivity index (χ3n) is 8.59. The van der Waals surface area contributed by atoms with Crippen LogP contribution in [0.5, 0.6) is 0 Å². The molecule has 1 heterocycles. The van der Waals surface area contributed by atoms with Crippen LogP contribution >= 0.6 is 0 Å². The van der Waals surface area contributed by atoms with Gasteiger partial charge in [0.05, 0.1) is 13.2 Å². The van der Waals surface area contributed by atoms with Crippen LogP contribution in [-0.4, -0.2) is 13.2 Å². The predicted molar refractivity (Wildman–Crippen MR) is 131 cm³/mol. The van der Waals surface area contributed by atoms with Crippen molar-refractivity contribution in [2.45, 2.75) is 77.4 Å². The second-order valence-corrected chi connectivity index (χ2v) is 11.2. The molecule has 0 unspecified atom stereocenters. The Labute approximate surface area is 203 Å². The Balaban J connectivity index is 1.23. The van der Waals surface area contributed by atoms with Crippen molar-refractivity contribution < 1.29 is 18.3 Å². The Bertz CT molecular complexity index is 966. The van der Waals surface area contributed by atoms with E-state index in [1.165, 1.54) is 44.6 Å². The summed E-state index contributed by atoms with van der Waals surface area (Å²) >= 11 is 0. The maximum absolute atomic E-state index is 15.2. The third kappa shape index (κ3) is 5.23. The quantitative estimate of drug-likeness (QED) is 0.448. The van der Waals surface area contributed by atoms with Crippen molar-refractivity contribution in [1.82, 2.24) is 0 Å². The first kappa shape index (κ1) is 23.9. The van der Waals surface area contributed by atoms with E-state index in [1.807, 2.05) is 19.1 Å². The molecule has 4 heteroatoms. The van der Waals surface area contributed by atoms with Gasteiger partial charge in [0.15, 0.2) is 6.29 Å². The molecule has 5 rings (SSSR count). The zero-order chi connectivity index (χ0) is 23.7. The van der Waals surface area contributed by atoms with Crippen molar-refractivity contribution in [1.29, 1.82) is 0 Å². The van der Waals surface area contributed by atoms with Crippen molar-refractivity contribution in [3.8, 4) is 11.1 Å². The largest absolute Gasteiger partial charge is 0.348 e. The number of halogens is 2. The molecule has 1 aliphatic heterocycles. The van der Waals surface area contributed by atoms with Gasteiger partial charge in [0, 0.05) is 17.0 Å². The van der Waals surface area contributed by atoms with Crippen LogP contribution in [0.3, 0.4) is 0 Å². The lowest BCUT2D eigenvalue weighted by Gasteiger charge is -2.37. The van der Waals surface area contributed by atoms with E-state index >= 15 is 4.39 Å². The van der Waals surface area contributed by atoms with Crippen LogP contribution < -0.4 is 0 Å². The number of hydrogen-bond donors (Lipinski definition) is 0. The SMILES string of the molecule is CC1CCC(C2CCC(c3ccc(-c4ccc(C5OCC(C)CO5)c(F)c4)c(F)c3)CC2)CC1. The van der Waals surface area contributed by atoms with Gasteiger partial charge >= 0.3 is 0 Å². The van der Waals surface area contributed by atoms with E-state index < -0.39 is 12.1 Å². The highest BCUT2D eigenvalue weighted by Crippen LogP contribution is 2.44. The smallest absolute Gasteiger partial charge is 0.186 e. The molecule has 34 heavy (non-hydrogen) atoms. The molecule has 2 nitrogen and oxygen atoms in total. The molecule has 0 atom stereocenters. The molecule has 0 radical (unpaired) electrons. The summed E-state index contributed by atoms with van der Waals surface area (Å²) in [4.78, 5) is 0. The number of benzene rings is 2. The molecule has 2 aromatic rings. The molecule has 2 aliphatic carbocycles. The Morgan fingerprint density at radius 1 is 0.676 bits per heavy atom. The van der Waals surface area contributed by atoms with Gasteiger partial charge in [-0.1, -0.05) is 51.0 Å². The van der Waals surface area contributed by atoms with Crippen molar-refractivity contribution in [3.05, 3.63) is 59.2 Å². The minimum Gasteiger partial charge on any atom is -0.348 e. The van der Waals surface area contributed by atoms with E-state index in [4.69, 9.17) is 9.47 Å². The molecule has 0 N–H and O–H groups in total. The van der Waals surface area contributed by atoms with Gasteiger partial charge in [0.2, 0.25) is 0 Å². The zero-order valence-corrected chi connectivity index (χ0v) is 20.6. The minimum absolute atomic E-state index is 0.271. The summed E-state index contributed by atoms with van der Waals surface area (Å²) in [7, 11) is 0. The summed E-state index contributed by atoms with van der Waals surface area (Å²) in [6.45, 7) is 5.51. The van der Waals surface area contributed by atoms with Crippen LogP contribution in [0.2, 0.25) is 0 Å². The zero-order valence-electron chi connectivity index (χ0n) is 20.6. The third-order valence-corrected chi connectivity index (χ3v) is 8.59. The molecule has 0 bridgehead atoms. The second-order valence-electron chi connectivity index (χ2n) is 11.2. The summed E-state index contributed by atoms with van der Waals surface area (Å²) in [5.41, 5.74) is 2.45. The van der Waals surface area contributed by atoms with Crippen molar-refractivity contribution in [3.63, 3.8) is 0 Å². The molecule has 3 fully saturated rings. The van der Waals surface area contributed by atoms with Gasteiger partial charge in [-0.05, 0) is 85.5 Å². The summed E-state index contributed by atoms with van der Waals surface area (Å²) in [6, 6.07) is 10.4. The lowest BCUT2D eigenvalue weighted by molar-refractivity contribution is -0.203. The Morgan fingerprint density at radius 2 is 1.32 bits per heavy atom. The molecule has 2 saturated carbocycles. The topological polar surface area (TPSA) is 18.5 Å². The van der Waals surface area contributed by atoms with Crippen LogP contribution in [0.1, 0.15) is 88.5 Å². The Kier molecular flexibility index (Phi) is 7.36. The molecular weight excluding hydrogens is 430 g/mol. The molecule has 0 spiro atoms. The van der Waals surface area contributed by atoms with Crippen LogP contribution in [0.25, 0.3) is 11.1 Å². The first-order chi connectivity index (χ1) is 16.5. The lowest BCUT2D eigenvalue weighted by atomic mass is 9.68. The van der Waals surface area contributed by atoms with E-state index in [9.17, 15) is 4.39 Å². The molecule has 0 aromatic heterocycles. The monoisotopic (exact) mass is 468 g/mol. The van der Waals surface area contributed by atoms with Crippen molar-refractivity contribution >= 4 is 0 Å². The molecule has 184 valence electrons. The van der Waals surface area contributed by atoms with E-state index in [2.05, 4.69) is 6.92 Å². The normalized spacial score (nSPS) is 32.5. The van der Waals surface area contributed by atoms with Gasteiger partial charge in [-0.15, -0.1) is 0 Å². The van der Waals surface area contributed by atoms with E-state index in [0.29, 0.717) is 41.7 Å². The average Bonchev–Trinajstić information content (AvgIpc) is 2.85. The highest BCUT2D eigenvalue weighted by Gasteiger charge is 2.31. The summed E-state index contributed by atoms with van der Waals surface area (Å²) < 4.78 is 41.2. The fraction of sp³-hybridized carbons (Fsp3) is 0.600. The number of hydrogen-bond acceptors (Lipinski definition) is 2. The van der Waals surface area contributed by atoms with Crippen LogP contribution in [-0.2, 0) is 9.47 Å². The van der Waals surface area contributed by atoms with Gasteiger partial charge in [-0.25, -0.2) is 8.78 Å². The first-order valence-corrected chi connectivity index (χ1v) is 13.3. The van der Waals surface area contributed by atoms with E-state index in [1.54, 1.807) is 18.2 Å². The van der Waals surface area contributed by atoms with Crippen LogP contribution in [0, 0.1) is 35.3 Å². The highest BCUT2D eigenvalue weighted by molar-refractivity contribution is 5.65. The molecule has 1 saturated heterocycles. The minimum atomic E-state index is -0.690. The number of rotatable bonds is 4. The standard InChI is InChI=1S/C30H38F2O2/c1-19-3-5-21(6-4-19)22-7-9-23(10-8-22)24-11-13-26(28(31)15-24)25-12-14-27(29(32)16-25)30-33-17-20(2)18-34-30/h11-16,19-23,30H,3-10,17-18H2,1-2H3. The summed E-state index contributed by atoms with van der Waals surface area (Å²) in [6.07, 6.45) is 9.72. The van der Waals surface area contributed by atoms with Gasteiger partial charge in [-0.3, -0.25) is 0 Å². The lowest BCUT2D eigenvalue weighted by Crippen LogP contribution is -2.25. The highest BCUT2D eigenvalue weighted by atomic mass is 19.1. The van der Waals surface area contributed by atoms with Crippen molar-refractivity contribution in [2.75, 3.05) is 13.2 Å². The van der Waals surface area contributed by atoms with Crippen LogP contribution in [0.4, 0.5) is 8.78 Å². The molecule has 0 amide bonds. The molecule has 2 aromatic carbocycles. The molecule has 3 aliphatic rings. The van der Waals surface area contributed by atoms with E-state index in [0.717, 1.165) is 36.2 Å². The number of ether oxygens (including phenoxy) is 2. The van der Waals surface area contributed by atoms with Gasteiger partial charge in [0.25, 0.3) is 0 Å². The summed E-state index contributed by atoms with van der Waals surface area (Å²) in [5.74, 6) is 2.71. The van der Waals surface area contributed by atoms with Gasteiger partial charge < -0.3 is 9.47 Å². The predicted octanol–water partition coefficient (Wildman–Crippen LogP) is 8.41. The van der Waals surface area contributed by atoms with Crippen molar-refractivity contribution in [2.24, 2.45) is 23.7 Å².